The molecule has 0 saturated carbocycles. The molecule has 1 N–H and O–H groups in total. The monoisotopic (exact) mass is 336 g/mol. The van der Waals surface area contributed by atoms with Gasteiger partial charge in [0.25, 0.3) is 0 Å². The second-order valence-corrected chi connectivity index (χ2v) is 6.25. The molecule has 1 aromatic carbocycles. The lowest BCUT2D eigenvalue weighted by Gasteiger charge is -2.08. The molecule has 3 aromatic heterocycles. The summed E-state index contributed by atoms with van der Waals surface area (Å²) in [6.07, 6.45) is 3.97. The lowest BCUT2D eigenvalue weighted by atomic mass is 10.1. The molecule has 0 atom stereocenters. The highest BCUT2D eigenvalue weighted by Crippen LogP contribution is 2.36. The molecule has 0 aliphatic rings. The lowest BCUT2D eigenvalue weighted by Crippen LogP contribution is -2.10. The Bertz CT molecular complexity index is 960. The number of hydrogen-bond donors (Lipinski definition) is 1. The standard InChI is InChI=1S/C17H16N6S/c1-23-14(19-11-22-23)7-8-18-16-15-13(12-5-3-2-4-6-12)9-24-17(15)21-10-20-16/h2-6,9-11H,7-8H2,1H3,(H,18,20,21). The van der Waals surface area contributed by atoms with Crippen LogP contribution in [0.2, 0.25) is 0 Å². The topological polar surface area (TPSA) is 68.5 Å². The van der Waals surface area contributed by atoms with Crippen LogP contribution in [0.25, 0.3) is 21.3 Å². The number of rotatable bonds is 5. The van der Waals surface area contributed by atoms with Gasteiger partial charge in [0.05, 0.1) is 5.39 Å². The second-order valence-electron chi connectivity index (χ2n) is 5.39. The van der Waals surface area contributed by atoms with E-state index < -0.39 is 0 Å². The summed E-state index contributed by atoms with van der Waals surface area (Å²) in [5, 5.41) is 10.7. The Morgan fingerprint density at radius 1 is 1.08 bits per heavy atom. The van der Waals surface area contributed by atoms with Gasteiger partial charge in [0, 0.05) is 31.0 Å². The maximum Gasteiger partial charge on any atom is 0.138 e. The van der Waals surface area contributed by atoms with Gasteiger partial charge in [-0.2, -0.15) is 5.10 Å². The predicted octanol–water partition coefficient (Wildman–Crippen LogP) is 3.14. The molecule has 0 radical (unpaired) electrons. The highest BCUT2D eigenvalue weighted by molar-refractivity contribution is 7.17. The van der Waals surface area contributed by atoms with Crippen LogP contribution in [0.1, 0.15) is 5.82 Å². The van der Waals surface area contributed by atoms with Crippen LogP contribution in [0, 0.1) is 0 Å². The van der Waals surface area contributed by atoms with Gasteiger partial charge in [0.1, 0.15) is 29.1 Å². The van der Waals surface area contributed by atoms with Crippen molar-refractivity contribution in [3.63, 3.8) is 0 Å². The van der Waals surface area contributed by atoms with Gasteiger partial charge >= 0.3 is 0 Å². The molecule has 0 amide bonds. The normalized spacial score (nSPS) is 11.0. The van der Waals surface area contributed by atoms with E-state index in [1.807, 2.05) is 25.2 Å². The van der Waals surface area contributed by atoms with Gasteiger partial charge in [-0.15, -0.1) is 11.3 Å². The number of fused-ring (bicyclic) bond motifs is 1. The molecule has 7 heteroatoms. The van der Waals surface area contributed by atoms with E-state index in [1.165, 1.54) is 5.56 Å². The van der Waals surface area contributed by atoms with Crippen LogP contribution in [0.5, 0.6) is 0 Å². The van der Waals surface area contributed by atoms with Gasteiger partial charge in [-0.3, -0.25) is 4.68 Å². The van der Waals surface area contributed by atoms with Crippen LogP contribution in [-0.2, 0) is 13.5 Å². The van der Waals surface area contributed by atoms with E-state index in [-0.39, 0.29) is 0 Å². The van der Waals surface area contributed by atoms with Crippen molar-refractivity contribution < 1.29 is 0 Å². The number of nitrogens with zero attached hydrogens (tertiary/aromatic N) is 5. The molecular weight excluding hydrogens is 320 g/mol. The molecule has 0 unspecified atom stereocenters. The molecule has 120 valence electrons. The Morgan fingerprint density at radius 3 is 2.75 bits per heavy atom. The first-order valence-electron chi connectivity index (χ1n) is 7.67. The minimum Gasteiger partial charge on any atom is -0.369 e. The molecule has 4 aromatic rings. The maximum atomic E-state index is 4.45. The van der Waals surface area contributed by atoms with Crippen LogP contribution in [-0.4, -0.2) is 31.3 Å². The number of thiophene rings is 1. The van der Waals surface area contributed by atoms with Crippen LogP contribution < -0.4 is 5.32 Å². The van der Waals surface area contributed by atoms with Crippen LogP contribution >= 0.6 is 11.3 Å². The Hall–Kier alpha value is -2.80. The number of nitrogens with one attached hydrogen (secondary N) is 1. The van der Waals surface area contributed by atoms with Crippen molar-refractivity contribution in [2.75, 3.05) is 11.9 Å². The molecule has 0 aliphatic heterocycles. The second kappa shape index (κ2) is 6.37. The Balaban J connectivity index is 1.63. The largest absolute Gasteiger partial charge is 0.369 e. The summed E-state index contributed by atoms with van der Waals surface area (Å²) in [5.74, 6) is 1.81. The molecule has 0 aliphatic carbocycles. The highest BCUT2D eigenvalue weighted by atomic mass is 32.1. The molecule has 0 saturated heterocycles. The zero-order valence-electron chi connectivity index (χ0n) is 13.2. The Kier molecular flexibility index (Phi) is 3.92. The fourth-order valence-electron chi connectivity index (χ4n) is 2.68. The minimum atomic E-state index is 0.739. The first-order valence-corrected chi connectivity index (χ1v) is 8.55. The Morgan fingerprint density at radius 2 is 1.96 bits per heavy atom. The molecule has 0 spiro atoms. The highest BCUT2D eigenvalue weighted by Gasteiger charge is 2.12. The van der Waals surface area contributed by atoms with Crippen LogP contribution in [0.4, 0.5) is 5.82 Å². The van der Waals surface area contributed by atoms with Crippen molar-refractivity contribution in [1.82, 2.24) is 24.7 Å². The Labute approximate surface area is 143 Å². The van der Waals surface area contributed by atoms with E-state index in [0.717, 1.165) is 40.4 Å². The maximum absolute atomic E-state index is 4.45. The molecule has 0 fully saturated rings. The summed E-state index contributed by atoms with van der Waals surface area (Å²) >= 11 is 1.64. The number of aryl methyl sites for hydroxylation is 1. The van der Waals surface area contributed by atoms with Gasteiger partial charge in [0.15, 0.2) is 0 Å². The molecule has 24 heavy (non-hydrogen) atoms. The van der Waals surface area contributed by atoms with Gasteiger partial charge in [-0.25, -0.2) is 15.0 Å². The SMILES string of the molecule is Cn1ncnc1CCNc1ncnc2scc(-c3ccccc3)c12. The van der Waals surface area contributed by atoms with Gasteiger partial charge in [-0.1, -0.05) is 30.3 Å². The molecule has 4 rings (SSSR count). The van der Waals surface area contributed by atoms with Crippen molar-refractivity contribution in [2.45, 2.75) is 6.42 Å². The first kappa shape index (κ1) is 14.8. The van der Waals surface area contributed by atoms with Crippen molar-refractivity contribution in [1.29, 1.82) is 0 Å². The zero-order chi connectivity index (χ0) is 16.4. The average Bonchev–Trinajstić information content (AvgIpc) is 3.23. The van der Waals surface area contributed by atoms with Crippen molar-refractivity contribution >= 4 is 27.4 Å². The van der Waals surface area contributed by atoms with Crippen molar-refractivity contribution in [2.24, 2.45) is 7.05 Å². The van der Waals surface area contributed by atoms with E-state index in [9.17, 15) is 0 Å². The molecule has 6 nitrogen and oxygen atoms in total. The molecule has 0 bridgehead atoms. The molecule has 3 heterocycles. The number of hydrogen-bond acceptors (Lipinski definition) is 6. The van der Waals surface area contributed by atoms with Crippen molar-refractivity contribution in [3.05, 3.63) is 54.2 Å². The molecular formula is C17H16N6S. The smallest absolute Gasteiger partial charge is 0.138 e. The summed E-state index contributed by atoms with van der Waals surface area (Å²) in [5.41, 5.74) is 2.34. The number of anilines is 1. The summed E-state index contributed by atoms with van der Waals surface area (Å²) in [6, 6.07) is 10.3. The third kappa shape index (κ3) is 2.74. The predicted molar refractivity (Wildman–Crippen MR) is 96.0 cm³/mol. The lowest BCUT2D eigenvalue weighted by molar-refractivity contribution is 0.701. The van der Waals surface area contributed by atoms with Crippen molar-refractivity contribution in [3.8, 4) is 11.1 Å². The summed E-state index contributed by atoms with van der Waals surface area (Å²) in [7, 11) is 1.90. The van der Waals surface area contributed by atoms with Crippen LogP contribution in [0.15, 0.2) is 48.4 Å². The third-order valence-electron chi connectivity index (χ3n) is 3.90. The van der Waals surface area contributed by atoms with E-state index in [2.05, 4.69) is 42.9 Å². The van der Waals surface area contributed by atoms with Gasteiger partial charge < -0.3 is 5.32 Å². The summed E-state index contributed by atoms with van der Waals surface area (Å²) in [4.78, 5) is 14.1. The van der Waals surface area contributed by atoms with E-state index >= 15 is 0 Å². The van der Waals surface area contributed by atoms with E-state index in [1.54, 1.807) is 28.7 Å². The first-order chi connectivity index (χ1) is 11.8. The minimum absolute atomic E-state index is 0.739. The zero-order valence-corrected chi connectivity index (χ0v) is 14.0. The number of benzene rings is 1. The fourth-order valence-corrected chi connectivity index (χ4v) is 3.59. The number of aromatic nitrogens is 5. The van der Waals surface area contributed by atoms with E-state index in [0.29, 0.717) is 0 Å². The van der Waals surface area contributed by atoms with Gasteiger partial charge in [0.2, 0.25) is 0 Å². The third-order valence-corrected chi connectivity index (χ3v) is 4.79. The fraction of sp³-hybridized carbons (Fsp3) is 0.176. The van der Waals surface area contributed by atoms with Gasteiger partial charge in [-0.05, 0) is 5.56 Å². The van der Waals surface area contributed by atoms with E-state index in [4.69, 9.17) is 0 Å². The van der Waals surface area contributed by atoms with Crippen LogP contribution in [0.3, 0.4) is 0 Å². The quantitative estimate of drug-likeness (QED) is 0.606. The summed E-state index contributed by atoms with van der Waals surface area (Å²) < 4.78 is 1.79. The average molecular weight is 336 g/mol. The summed E-state index contributed by atoms with van der Waals surface area (Å²) in [6.45, 7) is 0.739.